The van der Waals surface area contributed by atoms with Crippen LogP contribution in [0.5, 0.6) is 0 Å². The lowest BCUT2D eigenvalue weighted by atomic mass is 10.2. The maximum absolute atomic E-state index is 11.6. The average Bonchev–Trinajstić information content (AvgIpc) is 2.75. The summed E-state index contributed by atoms with van der Waals surface area (Å²) in [7, 11) is 0. The third-order valence-electron chi connectivity index (χ3n) is 2.00. The molecule has 1 amide bonds. The standard InChI is InChI=1S/C10H9BrN4O/c1-6-2-3-8(7(11)4-6)14-10(16)9-12-5-13-15-9/h2-5H,1H3,(H,14,16)(H,12,13,15). The van der Waals surface area contributed by atoms with Crippen LogP contribution in [-0.4, -0.2) is 21.1 Å². The minimum Gasteiger partial charge on any atom is -0.318 e. The molecule has 0 aliphatic rings. The Balaban J connectivity index is 2.18. The highest BCUT2D eigenvalue weighted by molar-refractivity contribution is 9.10. The van der Waals surface area contributed by atoms with Crippen molar-refractivity contribution in [1.29, 1.82) is 0 Å². The zero-order chi connectivity index (χ0) is 11.5. The summed E-state index contributed by atoms with van der Waals surface area (Å²) >= 11 is 3.38. The molecule has 0 fully saturated rings. The van der Waals surface area contributed by atoms with Crippen LogP contribution in [0.4, 0.5) is 5.69 Å². The Labute approximate surface area is 100 Å². The number of halogens is 1. The molecule has 1 heterocycles. The maximum atomic E-state index is 11.6. The third-order valence-corrected chi connectivity index (χ3v) is 2.66. The summed E-state index contributed by atoms with van der Waals surface area (Å²) in [6.45, 7) is 1.98. The van der Waals surface area contributed by atoms with Crippen LogP contribution in [0, 0.1) is 6.92 Å². The molecule has 0 atom stereocenters. The van der Waals surface area contributed by atoms with Gasteiger partial charge >= 0.3 is 0 Å². The fourth-order valence-corrected chi connectivity index (χ4v) is 1.81. The van der Waals surface area contributed by atoms with Gasteiger partial charge in [-0.3, -0.25) is 9.89 Å². The van der Waals surface area contributed by atoms with Crippen LogP contribution in [0.2, 0.25) is 0 Å². The molecule has 5 nitrogen and oxygen atoms in total. The summed E-state index contributed by atoms with van der Waals surface area (Å²) in [6, 6.07) is 5.67. The number of aromatic nitrogens is 3. The van der Waals surface area contributed by atoms with Crippen LogP contribution < -0.4 is 5.32 Å². The van der Waals surface area contributed by atoms with E-state index in [2.05, 4.69) is 36.4 Å². The summed E-state index contributed by atoms with van der Waals surface area (Å²) in [5, 5.41) is 8.83. The van der Waals surface area contributed by atoms with E-state index in [1.807, 2.05) is 25.1 Å². The quantitative estimate of drug-likeness (QED) is 0.885. The second-order valence-corrected chi connectivity index (χ2v) is 4.13. The minimum absolute atomic E-state index is 0.187. The van der Waals surface area contributed by atoms with Gasteiger partial charge in [0.2, 0.25) is 5.82 Å². The number of hydrogen-bond acceptors (Lipinski definition) is 3. The predicted octanol–water partition coefficient (Wildman–Crippen LogP) is 2.13. The van der Waals surface area contributed by atoms with Crippen LogP contribution in [-0.2, 0) is 0 Å². The lowest BCUT2D eigenvalue weighted by molar-refractivity contribution is 0.101. The first-order chi connectivity index (χ1) is 7.66. The molecule has 0 aliphatic heterocycles. The molecule has 1 aromatic carbocycles. The molecule has 1 aromatic heterocycles. The third kappa shape index (κ3) is 2.27. The van der Waals surface area contributed by atoms with E-state index in [0.29, 0.717) is 5.69 Å². The molecular formula is C10H9BrN4O. The molecule has 82 valence electrons. The number of nitrogens with one attached hydrogen (secondary N) is 2. The molecule has 0 bridgehead atoms. The summed E-state index contributed by atoms with van der Waals surface area (Å²) in [6.07, 6.45) is 1.29. The number of carbonyl (C=O) groups is 1. The fraction of sp³-hybridized carbons (Fsp3) is 0.100. The Morgan fingerprint density at radius 3 is 2.94 bits per heavy atom. The Hall–Kier alpha value is -1.69. The largest absolute Gasteiger partial charge is 0.318 e. The van der Waals surface area contributed by atoms with Gasteiger partial charge in [0.25, 0.3) is 5.91 Å². The topological polar surface area (TPSA) is 70.7 Å². The Morgan fingerprint density at radius 2 is 2.31 bits per heavy atom. The molecular weight excluding hydrogens is 272 g/mol. The first-order valence-corrected chi connectivity index (χ1v) is 5.39. The molecule has 2 aromatic rings. The van der Waals surface area contributed by atoms with Crippen LogP contribution >= 0.6 is 15.9 Å². The number of aryl methyl sites for hydroxylation is 1. The van der Waals surface area contributed by atoms with Gasteiger partial charge in [0.15, 0.2) is 0 Å². The van der Waals surface area contributed by atoms with Crippen molar-refractivity contribution in [2.24, 2.45) is 0 Å². The summed E-state index contributed by atoms with van der Waals surface area (Å²) in [5.74, 6) is -0.130. The van der Waals surface area contributed by atoms with Crippen molar-refractivity contribution in [2.45, 2.75) is 6.92 Å². The van der Waals surface area contributed by atoms with Crippen molar-refractivity contribution >= 4 is 27.5 Å². The van der Waals surface area contributed by atoms with Gasteiger partial charge in [0.05, 0.1) is 5.69 Å². The van der Waals surface area contributed by atoms with Crippen LogP contribution in [0.1, 0.15) is 16.2 Å². The van der Waals surface area contributed by atoms with Crippen LogP contribution in [0.15, 0.2) is 29.0 Å². The van der Waals surface area contributed by atoms with Gasteiger partial charge in [-0.1, -0.05) is 6.07 Å². The van der Waals surface area contributed by atoms with Crippen molar-refractivity contribution in [3.8, 4) is 0 Å². The molecule has 6 heteroatoms. The predicted molar refractivity (Wildman–Crippen MR) is 63.2 cm³/mol. The van der Waals surface area contributed by atoms with Gasteiger partial charge in [-0.2, -0.15) is 5.10 Å². The summed E-state index contributed by atoms with van der Waals surface area (Å²) < 4.78 is 0.834. The summed E-state index contributed by atoms with van der Waals surface area (Å²) in [4.78, 5) is 15.4. The maximum Gasteiger partial charge on any atom is 0.293 e. The van der Waals surface area contributed by atoms with Gasteiger partial charge in [0, 0.05) is 4.47 Å². The summed E-state index contributed by atoms with van der Waals surface area (Å²) in [5.41, 5.74) is 1.82. The SMILES string of the molecule is Cc1ccc(NC(=O)c2ncn[nH]2)c(Br)c1. The molecule has 0 aliphatic carbocycles. The minimum atomic E-state index is -0.318. The van der Waals surface area contributed by atoms with E-state index in [1.165, 1.54) is 6.33 Å². The average molecular weight is 281 g/mol. The molecule has 0 saturated heterocycles. The van der Waals surface area contributed by atoms with Crippen molar-refractivity contribution in [1.82, 2.24) is 15.2 Å². The Kier molecular flexibility index (Phi) is 3.00. The highest BCUT2D eigenvalue weighted by atomic mass is 79.9. The number of nitrogens with zero attached hydrogens (tertiary/aromatic N) is 2. The van der Waals surface area contributed by atoms with E-state index < -0.39 is 0 Å². The van der Waals surface area contributed by atoms with E-state index in [-0.39, 0.29) is 11.7 Å². The molecule has 2 rings (SSSR count). The number of anilines is 1. The first-order valence-electron chi connectivity index (χ1n) is 4.59. The highest BCUT2D eigenvalue weighted by Gasteiger charge is 2.10. The number of carbonyl (C=O) groups excluding carboxylic acids is 1. The number of rotatable bonds is 2. The molecule has 0 saturated carbocycles. The van der Waals surface area contributed by atoms with Gasteiger partial charge in [-0.05, 0) is 40.5 Å². The molecule has 16 heavy (non-hydrogen) atoms. The van der Waals surface area contributed by atoms with E-state index in [1.54, 1.807) is 0 Å². The normalized spacial score (nSPS) is 10.1. The van der Waals surface area contributed by atoms with Crippen molar-refractivity contribution < 1.29 is 4.79 Å². The number of hydrogen-bond donors (Lipinski definition) is 2. The second-order valence-electron chi connectivity index (χ2n) is 3.27. The zero-order valence-corrected chi connectivity index (χ0v) is 10.1. The lowest BCUT2D eigenvalue weighted by Crippen LogP contribution is -2.14. The Bertz CT molecular complexity index is 510. The fourth-order valence-electron chi connectivity index (χ4n) is 1.22. The van der Waals surface area contributed by atoms with Gasteiger partial charge in [-0.25, -0.2) is 4.98 Å². The number of benzene rings is 1. The van der Waals surface area contributed by atoms with Gasteiger partial charge in [-0.15, -0.1) is 0 Å². The van der Waals surface area contributed by atoms with Crippen molar-refractivity contribution in [3.05, 3.63) is 40.4 Å². The number of aromatic amines is 1. The molecule has 0 spiro atoms. The molecule has 2 N–H and O–H groups in total. The highest BCUT2D eigenvalue weighted by Crippen LogP contribution is 2.23. The van der Waals surface area contributed by atoms with Crippen molar-refractivity contribution in [3.63, 3.8) is 0 Å². The van der Waals surface area contributed by atoms with Crippen molar-refractivity contribution in [2.75, 3.05) is 5.32 Å². The van der Waals surface area contributed by atoms with Gasteiger partial charge < -0.3 is 5.32 Å². The number of amides is 1. The zero-order valence-electron chi connectivity index (χ0n) is 8.49. The Morgan fingerprint density at radius 1 is 1.50 bits per heavy atom. The van der Waals surface area contributed by atoms with E-state index in [0.717, 1.165) is 10.0 Å². The number of H-pyrrole nitrogens is 1. The molecule has 0 unspecified atom stereocenters. The molecule has 0 radical (unpaired) electrons. The smallest absolute Gasteiger partial charge is 0.293 e. The van der Waals surface area contributed by atoms with E-state index in [4.69, 9.17) is 0 Å². The van der Waals surface area contributed by atoms with Crippen LogP contribution in [0.3, 0.4) is 0 Å². The lowest BCUT2D eigenvalue weighted by Gasteiger charge is -2.06. The van der Waals surface area contributed by atoms with E-state index >= 15 is 0 Å². The monoisotopic (exact) mass is 280 g/mol. The first kappa shape index (κ1) is 10.8. The van der Waals surface area contributed by atoms with E-state index in [9.17, 15) is 4.79 Å². The van der Waals surface area contributed by atoms with Gasteiger partial charge in [0.1, 0.15) is 6.33 Å². The van der Waals surface area contributed by atoms with Crippen LogP contribution in [0.25, 0.3) is 0 Å². The second kappa shape index (κ2) is 4.44.